The van der Waals surface area contributed by atoms with Crippen LogP contribution in [0.25, 0.3) is 5.76 Å². The maximum atomic E-state index is 13.2. The fourth-order valence-corrected chi connectivity index (χ4v) is 4.82. The van der Waals surface area contributed by atoms with E-state index in [9.17, 15) is 19.8 Å². The van der Waals surface area contributed by atoms with Crippen molar-refractivity contribution in [2.24, 2.45) is 0 Å². The first-order valence-corrected chi connectivity index (χ1v) is 12.0. The molecule has 10 heteroatoms. The molecule has 1 unspecified atom stereocenters. The van der Waals surface area contributed by atoms with Crippen LogP contribution in [0.15, 0.2) is 58.0 Å². The van der Waals surface area contributed by atoms with Crippen molar-refractivity contribution in [3.05, 3.63) is 69.1 Å². The summed E-state index contributed by atoms with van der Waals surface area (Å²) in [5, 5.41) is 23.5. The molecule has 1 aliphatic rings. The molecule has 8 nitrogen and oxygen atoms in total. The zero-order chi connectivity index (χ0) is 24.4. The number of halogens is 1. The van der Waals surface area contributed by atoms with Crippen molar-refractivity contribution < 1.29 is 29.3 Å². The third-order valence-corrected chi connectivity index (χ3v) is 6.61. The molecular weight excluding hydrogens is 524 g/mol. The summed E-state index contributed by atoms with van der Waals surface area (Å²) in [6, 6.07) is 8.79. The van der Waals surface area contributed by atoms with Crippen molar-refractivity contribution in [2.75, 3.05) is 18.6 Å². The monoisotopic (exact) mass is 544 g/mol. The van der Waals surface area contributed by atoms with Gasteiger partial charge in [-0.2, -0.15) is 0 Å². The third kappa shape index (κ3) is 4.26. The average Bonchev–Trinajstić information content (AvgIpc) is 3.46. The van der Waals surface area contributed by atoms with Gasteiger partial charge in [-0.05, 0) is 52.2 Å². The van der Waals surface area contributed by atoms with Crippen LogP contribution < -0.4 is 14.4 Å². The van der Waals surface area contributed by atoms with Gasteiger partial charge in [0.2, 0.25) is 0 Å². The van der Waals surface area contributed by atoms with Crippen LogP contribution in [0.1, 0.15) is 30.5 Å². The second-order valence-corrected chi connectivity index (χ2v) is 9.14. The minimum absolute atomic E-state index is 0.104. The number of aliphatic hydroxyl groups is 1. The Balaban J connectivity index is 1.93. The number of benzene rings is 2. The van der Waals surface area contributed by atoms with E-state index in [0.29, 0.717) is 33.1 Å². The van der Waals surface area contributed by atoms with Crippen LogP contribution in [0.5, 0.6) is 17.2 Å². The number of amides is 1. The second kappa shape index (κ2) is 9.86. The van der Waals surface area contributed by atoms with Crippen molar-refractivity contribution >= 4 is 49.8 Å². The van der Waals surface area contributed by atoms with Gasteiger partial charge in [0.05, 0.1) is 29.8 Å². The van der Waals surface area contributed by atoms with E-state index < -0.39 is 17.7 Å². The highest BCUT2D eigenvalue weighted by Gasteiger charge is 2.48. The van der Waals surface area contributed by atoms with Crippen LogP contribution >= 0.6 is 27.3 Å². The number of ether oxygens (including phenoxy) is 2. The van der Waals surface area contributed by atoms with Gasteiger partial charge < -0.3 is 19.7 Å². The number of carbonyl (C=O) groups is 2. The molecule has 1 fully saturated rings. The number of phenolic OH excluding ortho intramolecular Hbond substituents is 1. The van der Waals surface area contributed by atoms with Crippen LogP contribution in [-0.2, 0) is 9.59 Å². The van der Waals surface area contributed by atoms with Crippen molar-refractivity contribution in [3.63, 3.8) is 0 Å². The second-order valence-electron chi connectivity index (χ2n) is 7.41. The van der Waals surface area contributed by atoms with Crippen LogP contribution in [0.3, 0.4) is 0 Å². The number of ketones is 1. The maximum absolute atomic E-state index is 13.2. The summed E-state index contributed by atoms with van der Waals surface area (Å²) in [6.45, 7) is 2.48. The molecule has 1 saturated heterocycles. The summed E-state index contributed by atoms with van der Waals surface area (Å²) in [5.41, 5.74) is 0.670. The number of nitrogens with zero attached hydrogens (tertiary/aromatic N) is 2. The van der Waals surface area contributed by atoms with Gasteiger partial charge in [0.25, 0.3) is 5.78 Å². The molecule has 1 aromatic heterocycles. The van der Waals surface area contributed by atoms with Gasteiger partial charge in [-0.15, -0.1) is 11.3 Å². The van der Waals surface area contributed by atoms with Gasteiger partial charge in [-0.3, -0.25) is 14.5 Å². The van der Waals surface area contributed by atoms with Gasteiger partial charge >= 0.3 is 5.91 Å². The number of aliphatic hydroxyl groups excluding tert-OH is 1. The first-order chi connectivity index (χ1) is 16.4. The summed E-state index contributed by atoms with van der Waals surface area (Å²) >= 11 is 4.48. The summed E-state index contributed by atoms with van der Waals surface area (Å²) in [5.74, 6) is -1.45. The van der Waals surface area contributed by atoms with Gasteiger partial charge in [0, 0.05) is 17.1 Å². The van der Waals surface area contributed by atoms with E-state index in [1.165, 1.54) is 35.6 Å². The Kier molecular flexibility index (Phi) is 6.90. The highest BCUT2D eigenvalue weighted by Crippen LogP contribution is 2.46. The fraction of sp³-hybridized carbons (Fsp3) is 0.208. The van der Waals surface area contributed by atoms with Crippen molar-refractivity contribution in [1.29, 1.82) is 0 Å². The highest BCUT2D eigenvalue weighted by atomic mass is 79.9. The quantitative estimate of drug-likeness (QED) is 0.243. The molecule has 0 saturated carbocycles. The highest BCUT2D eigenvalue weighted by molar-refractivity contribution is 9.10. The predicted molar refractivity (Wildman–Crippen MR) is 131 cm³/mol. The Morgan fingerprint density at radius 1 is 1.26 bits per heavy atom. The molecule has 0 bridgehead atoms. The number of thiazole rings is 1. The van der Waals surface area contributed by atoms with Crippen molar-refractivity contribution in [1.82, 2.24) is 4.98 Å². The summed E-state index contributed by atoms with van der Waals surface area (Å²) < 4.78 is 11.2. The first kappa shape index (κ1) is 23.8. The molecule has 0 spiro atoms. The van der Waals surface area contributed by atoms with Crippen molar-refractivity contribution in [3.8, 4) is 17.2 Å². The van der Waals surface area contributed by atoms with E-state index >= 15 is 0 Å². The molecule has 1 amide bonds. The van der Waals surface area contributed by atoms with Crippen LogP contribution in [0.4, 0.5) is 5.13 Å². The van der Waals surface area contributed by atoms with E-state index in [2.05, 4.69) is 20.9 Å². The molecule has 34 heavy (non-hydrogen) atoms. The van der Waals surface area contributed by atoms with Crippen LogP contribution in [-0.4, -0.2) is 40.6 Å². The fourth-order valence-electron chi connectivity index (χ4n) is 3.70. The average molecular weight is 545 g/mol. The Labute approximate surface area is 208 Å². The van der Waals surface area contributed by atoms with Gasteiger partial charge in [0.1, 0.15) is 11.5 Å². The molecule has 3 aromatic rings. The molecule has 2 N–H and O–H groups in total. The Bertz CT molecular complexity index is 1270. The minimum Gasteiger partial charge on any atom is -0.507 e. The SMILES string of the molecule is CCCOc1cccc(/C(O)=C2\C(=O)C(=O)N(c3nccs3)C2c2cc(Br)c(O)c(OC)c2)c1. The van der Waals surface area contributed by atoms with E-state index in [4.69, 9.17) is 9.47 Å². The van der Waals surface area contributed by atoms with Gasteiger partial charge in [-0.25, -0.2) is 4.98 Å². The van der Waals surface area contributed by atoms with Gasteiger partial charge in [-0.1, -0.05) is 19.1 Å². The Morgan fingerprint density at radius 2 is 2.06 bits per heavy atom. The summed E-state index contributed by atoms with van der Waals surface area (Å²) in [7, 11) is 1.39. The van der Waals surface area contributed by atoms with E-state index in [1.54, 1.807) is 35.7 Å². The number of hydrogen-bond donors (Lipinski definition) is 2. The minimum atomic E-state index is -1.00. The van der Waals surface area contributed by atoms with Gasteiger partial charge in [0.15, 0.2) is 16.6 Å². The molecule has 0 aliphatic carbocycles. The summed E-state index contributed by atoms with van der Waals surface area (Å²) in [6.07, 6.45) is 2.34. The number of hydrogen-bond acceptors (Lipinski definition) is 8. The molecule has 0 radical (unpaired) electrons. The van der Waals surface area contributed by atoms with Crippen LogP contribution in [0.2, 0.25) is 0 Å². The molecule has 2 aromatic carbocycles. The number of carbonyl (C=O) groups excluding carboxylic acids is 2. The zero-order valence-corrected chi connectivity index (χ0v) is 20.7. The lowest BCUT2D eigenvalue weighted by Gasteiger charge is -2.24. The zero-order valence-electron chi connectivity index (χ0n) is 18.3. The van der Waals surface area contributed by atoms with E-state index in [1.807, 2.05) is 6.92 Å². The number of Topliss-reactive ketones (excluding diaryl/α,β-unsaturated/α-hetero) is 1. The Hall–Kier alpha value is -3.37. The third-order valence-electron chi connectivity index (χ3n) is 5.24. The number of anilines is 1. The van der Waals surface area contributed by atoms with E-state index in [-0.39, 0.29) is 22.8 Å². The largest absolute Gasteiger partial charge is 0.507 e. The lowest BCUT2D eigenvalue weighted by atomic mass is 9.95. The number of phenols is 1. The topological polar surface area (TPSA) is 109 Å². The molecule has 4 rings (SSSR count). The Morgan fingerprint density at radius 3 is 2.74 bits per heavy atom. The van der Waals surface area contributed by atoms with Crippen LogP contribution in [0, 0.1) is 0 Å². The molecule has 1 atom stereocenters. The molecular formula is C24H21BrN2O6S. The number of aromatic nitrogens is 1. The smallest absolute Gasteiger partial charge is 0.301 e. The molecule has 1 aliphatic heterocycles. The predicted octanol–water partition coefficient (Wildman–Crippen LogP) is 5.03. The molecule has 176 valence electrons. The maximum Gasteiger partial charge on any atom is 0.301 e. The van der Waals surface area contributed by atoms with E-state index in [0.717, 1.165) is 6.42 Å². The normalized spacial score (nSPS) is 17.3. The number of aromatic hydroxyl groups is 1. The standard InChI is InChI=1S/C24H21BrN2O6S/c1-3-8-33-15-6-4-5-13(10-15)20(28)18-19(14-11-16(25)21(29)17(12-14)32-2)27(23(31)22(18)30)24-26-7-9-34-24/h4-7,9-12,19,28-29H,3,8H2,1-2H3/b20-18+. The molecule has 2 heterocycles. The number of methoxy groups -OCH3 is 1. The summed E-state index contributed by atoms with van der Waals surface area (Å²) in [4.78, 5) is 31.8. The lowest BCUT2D eigenvalue weighted by Crippen LogP contribution is -2.29. The number of rotatable bonds is 7. The lowest BCUT2D eigenvalue weighted by molar-refractivity contribution is -0.132. The van der Waals surface area contributed by atoms with Crippen molar-refractivity contribution in [2.45, 2.75) is 19.4 Å². The first-order valence-electron chi connectivity index (χ1n) is 10.4.